The Morgan fingerprint density at radius 1 is 0.580 bits per heavy atom. The molecule has 0 bridgehead atoms. The van der Waals surface area contributed by atoms with Gasteiger partial charge in [0.2, 0.25) is 40.2 Å². The number of halogens is 8. The van der Waals surface area contributed by atoms with E-state index in [0.717, 1.165) is 112 Å². The number of hydrogen-bond donors (Lipinski definition) is 11. The number of aliphatic hydroxyl groups excluding tert-OH is 2. The van der Waals surface area contributed by atoms with Crippen LogP contribution in [0.25, 0.3) is 22.3 Å². The largest absolute Gasteiger partial charge is 0.498 e. The van der Waals surface area contributed by atoms with Crippen LogP contribution in [0.2, 0.25) is 15.7 Å². The Hall–Kier alpha value is -9.38. The Morgan fingerprint density at radius 2 is 1.02 bits per heavy atom. The molecule has 11 aromatic heterocycles. The summed E-state index contributed by atoms with van der Waals surface area (Å²) in [4.78, 5) is 63.0. The second-order valence-corrected chi connectivity index (χ2v) is 34.9. The number of nitrogens with two attached hydrogens (primary N) is 3. The highest BCUT2D eigenvalue weighted by molar-refractivity contribution is 9.11. The summed E-state index contributed by atoms with van der Waals surface area (Å²) in [7, 11) is 20.2. The van der Waals surface area contributed by atoms with Crippen molar-refractivity contribution in [3.05, 3.63) is 135 Å². The van der Waals surface area contributed by atoms with Crippen LogP contribution in [0.5, 0.6) is 11.8 Å². The smallest absolute Gasteiger partial charge is 0.474 e. The van der Waals surface area contributed by atoms with Crippen molar-refractivity contribution in [1.29, 1.82) is 0 Å². The summed E-state index contributed by atoms with van der Waals surface area (Å²) >= 11 is 32.4. The zero-order valence-corrected chi connectivity index (χ0v) is 85.4. The molecule has 0 unspecified atom stereocenters. The number of nitrogens with one attached hydrogen (secondary N) is 6. The van der Waals surface area contributed by atoms with Gasteiger partial charge in [-0.25, -0.2) is 44.1 Å². The van der Waals surface area contributed by atoms with E-state index in [1.54, 1.807) is 92.8 Å². The van der Waals surface area contributed by atoms with Crippen LogP contribution in [0.15, 0.2) is 109 Å². The molecule has 0 atom stereocenters. The fourth-order valence-corrected chi connectivity index (χ4v) is 13.7. The highest BCUT2D eigenvalue weighted by atomic mass is 79.9. The summed E-state index contributed by atoms with van der Waals surface area (Å²) < 4.78 is 42.5. The average Bonchev–Trinajstić information content (AvgIpc) is 1.62. The van der Waals surface area contributed by atoms with Crippen molar-refractivity contribution < 1.29 is 43.5 Å². The molecular weight excluding hydrogens is 2090 g/mol. The monoisotopic (exact) mass is 2200 g/mol. The van der Waals surface area contributed by atoms with E-state index in [-0.39, 0.29) is 85.9 Å². The molecule has 1 amide bonds. The van der Waals surface area contributed by atoms with E-state index in [9.17, 15) is 14.9 Å². The summed E-state index contributed by atoms with van der Waals surface area (Å²) in [6.07, 6.45) is 28.8. The first kappa shape index (κ1) is 116. The summed E-state index contributed by atoms with van der Waals surface area (Å²) in [5.41, 5.74) is 19.0. The van der Waals surface area contributed by atoms with E-state index >= 15 is 0 Å². The van der Waals surface area contributed by atoms with Crippen molar-refractivity contribution in [2.75, 3.05) is 107 Å². The van der Waals surface area contributed by atoms with Crippen LogP contribution < -0.4 is 64.0 Å². The molecule has 4 aliphatic rings. The van der Waals surface area contributed by atoms with Gasteiger partial charge in [-0.05, 0) is 202 Å². The fourth-order valence-electron chi connectivity index (χ4n) is 11.4. The first-order valence-corrected chi connectivity index (χ1v) is 45.1. The lowest BCUT2D eigenvalue weighted by Gasteiger charge is -2.33. The topological polar surface area (TPSA) is 536 Å². The Labute approximate surface area is 821 Å². The molecule has 52 heteroatoms. The lowest BCUT2D eigenvalue weighted by molar-refractivity contribution is -0.392. The maximum absolute atomic E-state index is 12.0. The summed E-state index contributed by atoms with van der Waals surface area (Å²) in [6, 6.07) is 5.07. The lowest BCUT2D eigenvalue weighted by Crippen LogP contribution is -2.44. The first-order valence-electron chi connectivity index (χ1n) is 40.0. The number of aryl methyl sites for hydroxylation is 6. The Morgan fingerprint density at radius 3 is 1.44 bits per heavy atom. The number of ether oxygens (including phenoxy) is 3. The summed E-state index contributed by atoms with van der Waals surface area (Å²) in [5.74, 6) is 5.89. The number of carbonyl (C=O) groups excluding carboxylic acids is 1. The van der Waals surface area contributed by atoms with Crippen LogP contribution >= 0.6 is 114 Å². The van der Waals surface area contributed by atoms with Gasteiger partial charge >= 0.3 is 19.0 Å². The van der Waals surface area contributed by atoms with Gasteiger partial charge in [0.05, 0.1) is 49.2 Å². The van der Waals surface area contributed by atoms with Crippen molar-refractivity contribution in [3.8, 4) is 34.0 Å². The molecular formula is C79H122BBr5Cl3N33O10. The minimum atomic E-state index is -0.488. The molecule has 43 nitrogen and oxygen atoms in total. The molecule has 15 rings (SSSR count). The van der Waals surface area contributed by atoms with Gasteiger partial charge in [0, 0.05) is 192 Å². The number of nitrogens with zero attached hydrogens (tertiary/aromatic N) is 24. The number of nitrogen functional groups attached to an aromatic ring is 2. The molecule has 11 aromatic rings. The maximum atomic E-state index is 12.0. The fraction of sp³-hybridized carbons (Fsp3) is 0.506. The van der Waals surface area contributed by atoms with E-state index < -0.39 is 10.5 Å². The van der Waals surface area contributed by atoms with Gasteiger partial charge in [-0.1, -0.05) is 50.8 Å². The summed E-state index contributed by atoms with van der Waals surface area (Å²) in [5, 5.41) is 69.9. The number of carbonyl (C=O) groups is 1. The quantitative estimate of drug-likeness (QED) is 0.0158. The SMILES string of the molecule is C.C.CN.CNc1nc(Cl)ncc1Br.CNc1nc(N)ncc1-c1cnn(C)c1.CNc1nc(N)ncc1Br.CNc1nc(Nc2cc(OC3CCNCC3)n(C)n2)ncc1-c1cnn(C)c1.CO.Clc1ncc(Br)c(Cl)n1.Cn1cc(B2OC(C)(C)C(C)(C)O2)cn1.Cn1nc(Br)cc1OC1CCN(C(=O)OC(C)(C)C)CC1.Cn1nc(Br)cc1[N+](=O)[O-].OC1CCCCC1. The normalized spacial score (nSPS) is 14.0. The van der Waals surface area contributed by atoms with Gasteiger partial charge in [0.15, 0.2) is 10.4 Å². The number of amides is 1. The van der Waals surface area contributed by atoms with Crippen molar-refractivity contribution in [2.24, 2.45) is 48.0 Å². The van der Waals surface area contributed by atoms with Crippen molar-refractivity contribution in [2.45, 2.75) is 156 Å². The molecule has 1 aliphatic carbocycles. The predicted molar refractivity (Wildman–Crippen MR) is 532 cm³/mol. The van der Waals surface area contributed by atoms with Crippen LogP contribution in [0.4, 0.5) is 57.5 Å². The molecule has 14 heterocycles. The third-order valence-corrected chi connectivity index (χ3v) is 21.8. The molecule has 3 saturated heterocycles. The van der Waals surface area contributed by atoms with Gasteiger partial charge in [-0.2, -0.15) is 45.4 Å². The van der Waals surface area contributed by atoms with Gasteiger partial charge in [0.1, 0.15) is 57.9 Å². The summed E-state index contributed by atoms with van der Waals surface area (Å²) in [6.45, 7) is 17.1. The number of hydrogen-bond acceptors (Lipinski definition) is 35. The van der Waals surface area contributed by atoms with Crippen molar-refractivity contribution in [1.82, 2.24) is 119 Å². The molecule has 4 fully saturated rings. The van der Waals surface area contributed by atoms with E-state index in [1.807, 2.05) is 121 Å². The standard InChI is InChI=1S/C18H25N9O.C14H22BrN3O3.C10H17BN2O2.C9H12N6.C6H12O.C5H5BrClN3.C5H7BrN4.C4HBrCl2N2.C4H4BrN3O2.CH5N.CH4O.2CH4/c1-19-17-14(12-9-22-26(2)11-12)10-21-18(24-17)23-15-8-16(27(3)25-15)28-13-4-6-20-7-5-13;1-14(2,3)21-13(19)18-7-5-10(6-8-18)20-12-9-11(15)16-17(12)4;1-9(2)10(3,4)15-11(14-9)8-6-12-13(5)7-8;1-11-8-7(4-12-9(10)14-8)6-3-13-15(2)5-6;7-6-4-2-1-3-5-6;2*1-8-4-3(6)2-9-5(7)10-4;5-2-1-8-4(7)9-3(2)6;1-7-4(8(9)10)2-3(5)6-7;2*1-2;;/h8-11,13,20H,4-7H2,1-3H3,(H2,19,21,23,24,25);9-10H,5-8H2,1-4H3;6-7H,1-5H3;3-5H,1-2H3,(H3,10,11,12,14);6-7H,1-5H2;2H,1H3,(H,8,9,10);2H,1H3,(H3,7,8,9,10);1H;2H,1H3;2H2,1H3;2H,1H3;2*1H4. The van der Waals surface area contributed by atoms with Gasteiger partial charge < -0.3 is 97.8 Å². The molecule has 14 N–H and O–H groups in total. The molecule has 0 radical (unpaired) electrons. The van der Waals surface area contributed by atoms with Crippen LogP contribution in [0.1, 0.15) is 121 Å². The highest BCUT2D eigenvalue weighted by Crippen LogP contribution is 2.37. The number of piperidine rings is 2. The zero-order valence-electron chi connectivity index (χ0n) is 75.2. The third-order valence-electron chi connectivity index (χ3n) is 18.4. The van der Waals surface area contributed by atoms with Gasteiger partial charge in [0.25, 0.3) is 0 Å². The highest BCUT2D eigenvalue weighted by Gasteiger charge is 2.52. The van der Waals surface area contributed by atoms with E-state index in [2.05, 4.69) is 198 Å². The molecule has 722 valence electrons. The number of anilines is 8. The second-order valence-electron chi connectivity index (χ2n) is 29.7. The second kappa shape index (κ2) is 57.3. The van der Waals surface area contributed by atoms with Crippen molar-refractivity contribution in [3.63, 3.8) is 0 Å². The third kappa shape index (κ3) is 39.0. The lowest BCUT2D eigenvalue weighted by atomic mass is 9.82. The number of rotatable bonds is 14. The Bertz CT molecular complexity index is 5170. The minimum absolute atomic E-state index is 0. The van der Waals surface area contributed by atoms with Crippen LogP contribution in [0.3, 0.4) is 0 Å². The minimum Gasteiger partial charge on any atom is -0.474 e. The van der Waals surface area contributed by atoms with Gasteiger partial charge in [-0.3, -0.25) is 14.0 Å². The van der Waals surface area contributed by atoms with E-state index in [0.29, 0.717) is 62.4 Å². The average molecular weight is 2210 g/mol. The van der Waals surface area contributed by atoms with E-state index in [4.69, 9.17) is 80.0 Å². The Kier molecular flexibility index (Phi) is 50.6. The number of aliphatic hydroxyl groups is 2. The molecule has 0 spiro atoms. The number of nitro groups is 1. The first-order chi connectivity index (χ1) is 61.1. The molecule has 0 aromatic carbocycles. The van der Waals surface area contributed by atoms with Crippen LogP contribution in [-0.4, -0.2) is 245 Å². The number of aromatic nitrogens is 22. The molecule has 1 saturated carbocycles. The zero-order chi connectivity index (χ0) is 96.0. The van der Waals surface area contributed by atoms with Crippen molar-refractivity contribution >= 4 is 186 Å². The predicted octanol–water partition coefficient (Wildman–Crippen LogP) is 13.9. The maximum Gasteiger partial charge on any atom is 0.498 e. The number of likely N-dealkylation sites (tertiary alicyclic amines) is 1. The van der Waals surface area contributed by atoms with Gasteiger partial charge in [-0.15, -0.1) is 4.68 Å². The van der Waals surface area contributed by atoms with Crippen LogP contribution in [0, 0.1) is 10.1 Å². The van der Waals surface area contributed by atoms with E-state index in [1.165, 1.54) is 50.3 Å². The molecule has 131 heavy (non-hydrogen) atoms. The Balaban J connectivity index is 0.000000389. The van der Waals surface area contributed by atoms with Crippen LogP contribution in [-0.2, 0) is 56.3 Å². The molecule has 3 aliphatic heterocycles.